The van der Waals surface area contributed by atoms with E-state index in [1.165, 1.54) is 12.1 Å². The highest BCUT2D eigenvalue weighted by molar-refractivity contribution is 5.76. The molecular formula is C22H21FN4O2. The van der Waals surface area contributed by atoms with Crippen LogP contribution in [0.25, 0.3) is 0 Å². The summed E-state index contributed by atoms with van der Waals surface area (Å²) >= 11 is 0. The maximum atomic E-state index is 14.1. The van der Waals surface area contributed by atoms with Crippen LogP contribution in [-0.4, -0.2) is 27.1 Å². The molecule has 0 radical (unpaired) electrons. The predicted molar refractivity (Wildman–Crippen MR) is 106 cm³/mol. The van der Waals surface area contributed by atoms with Crippen molar-refractivity contribution in [3.05, 3.63) is 83.2 Å². The third-order valence-electron chi connectivity index (χ3n) is 4.78. The third-order valence-corrected chi connectivity index (χ3v) is 4.78. The van der Waals surface area contributed by atoms with Crippen molar-refractivity contribution in [1.29, 1.82) is 5.26 Å². The highest BCUT2D eigenvalue weighted by Crippen LogP contribution is 2.25. The number of aryl methyl sites for hydroxylation is 2. The maximum Gasteiger partial charge on any atom is 0.220 e. The number of nitrogens with one attached hydrogen (secondary N) is 1. The predicted octanol–water partition coefficient (Wildman–Crippen LogP) is 3.02. The summed E-state index contributed by atoms with van der Waals surface area (Å²) in [4.78, 5) is 16.5. The van der Waals surface area contributed by atoms with Gasteiger partial charge in [-0.15, -0.1) is 0 Å². The van der Waals surface area contributed by atoms with E-state index in [1.807, 2.05) is 23.8 Å². The molecule has 0 spiro atoms. The van der Waals surface area contributed by atoms with Gasteiger partial charge in [-0.1, -0.05) is 18.2 Å². The van der Waals surface area contributed by atoms with Gasteiger partial charge in [0.05, 0.1) is 11.9 Å². The quantitative estimate of drug-likeness (QED) is 0.647. The molecule has 1 aromatic heterocycles. The third kappa shape index (κ3) is 4.99. The van der Waals surface area contributed by atoms with E-state index in [9.17, 15) is 14.3 Å². The van der Waals surface area contributed by atoms with Crippen molar-refractivity contribution in [3.8, 4) is 11.8 Å². The second kappa shape index (κ2) is 9.02. The topological polar surface area (TPSA) is 90.9 Å². The average Bonchev–Trinajstić information content (AvgIpc) is 3.12. The highest BCUT2D eigenvalue weighted by atomic mass is 19.1. The van der Waals surface area contributed by atoms with Gasteiger partial charge in [0, 0.05) is 37.8 Å². The van der Waals surface area contributed by atoms with Gasteiger partial charge in [0.2, 0.25) is 5.91 Å². The Labute approximate surface area is 168 Å². The smallest absolute Gasteiger partial charge is 0.220 e. The summed E-state index contributed by atoms with van der Waals surface area (Å²) in [5.41, 5.74) is 2.32. The molecule has 0 fully saturated rings. The van der Waals surface area contributed by atoms with Gasteiger partial charge < -0.3 is 15.0 Å². The number of hydrogen-bond donors (Lipinski definition) is 2. The molecule has 1 amide bonds. The number of nitriles is 1. The molecule has 2 N–H and O–H groups in total. The lowest BCUT2D eigenvalue weighted by Crippen LogP contribution is -2.29. The molecule has 29 heavy (non-hydrogen) atoms. The average molecular weight is 392 g/mol. The fourth-order valence-electron chi connectivity index (χ4n) is 3.21. The van der Waals surface area contributed by atoms with Crippen LogP contribution in [0.15, 0.2) is 55.0 Å². The SMILES string of the molecule is Cn1cncc1C(CNC(=O)CCc1cccc(O)c1)c1ccc(C#N)c(F)c1. The van der Waals surface area contributed by atoms with E-state index >= 15 is 0 Å². The van der Waals surface area contributed by atoms with E-state index in [2.05, 4.69) is 10.3 Å². The number of amides is 1. The molecule has 0 saturated heterocycles. The number of benzene rings is 2. The summed E-state index contributed by atoms with van der Waals surface area (Å²) < 4.78 is 16.0. The minimum Gasteiger partial charge on any atom is -0.508 e. The highest BCUT2D eigenvalue weighted by Gasteiger charge is 2.20. The summed E-state index contributed by atoms with van der Waals surface area (Å²) in [6.07, 6.45) is 4.09. The normalized spacial score (nSPS) is 11.6. The number of aromatic hydroxyl groups is 1. The number of aromatic nitrogens is 2. The molecule has 1 atom stereocenters. The molecule has 0 aliphatic heterocycles. The van der Waals surface area contributed by atoms with Crippen LogP contribution in [0, 0.1) is 17.1 Å². The Balaban J connectivity index is 1.71. The Morgan fingerprint density at radius 1 is 1.34 bits per heavy atom. The maximum absolute atomic E-state index is 14.1. The van der Waals surface area contributed by atoms with Crippen LogP contribution in [0.5, 0.6) is 5.75 Å². The van der Waals surface area contributed by atoms with Crippen molar-refractivity contribution < 1.29 is 14.3 Å². The van der Waals surface area contributed by atoms with Crippen LogP contribution < -0.4 is 5.32 Å². The van der Waals surface area contributed by atoms with Gasteiger partial charge in [-0.3, -0.25) is 4.79 Å². The Kier molecular flexibility index (Phi) is 6.25. The van der Waals surface area contributed by atoms with Gasteiger partial charge in [0.25, 0.3) is 0 Å². The minimum atomic E-state index is -0.590. The second-order valence-corrected chi connectivity index (χ2v) is 6.81. The van der Waals surface area contributed by atoms with E-state index in [0.717, 1.165) is 11.3 Å². The van der Waals surface area contributed by atoms with Gasteiger partial charge in [0.1, 0.15) is 17.6 Å². The fraction of sp³-hybridized carbons (Fsp3) is 0.227. The summed E-state index contributed by atoms with van der Waals surface area (Å²) in [6, 6.07) is 13.1. The van der Waals surface area contributed by atoms with Crippen molar-refractivity contribution >= 4 is 5.91 Å². The molecule has 7 heteroatoms. The molecule has 1 heterocycles. The molecule has 0 saturated carbocycles. The van der Waals surface area contributed by atoms with Crippen LogP contribution in [-0.2, 0) is 18.3 Å². The number of hydrogen-bond acceptors (Lipinski definition) is 4. The van der Waals surface area contributed by atoms with E-state index in [1.54, 1.807) is 36.8 Å². The number of rotatable bonds is 7. The number of halogens is 1. The van der Waals surface area contributed by atoms with E-state index in [0.29, 0.717) is 12.0 Å². The summed E-state index contributed by atoms with van der Waals surface area (Å²) in [5, 5.41) is 21.4. The number of carbonyl (C=O) groups excluding carboxylic acids is 1. The fourth-order valence-corrected chi connectivity index (χ4v) is 3.21. The number of phenolic OH excluding ortho intramolecular Hbond substituents is 1. The summed E-state index contributed by atoms with van der Waals surface area (Å²) in [7, 11) is 1.83. The molecule has 0 bridgehead atoms. The lowest BCUT2D eigenvalue weighted by molar-refractivity contribution is -0.121. The zero-order valence-corrected chi connectivity index (χ0v) is 16.0. The molecule has 2 aromatic carbocycles. The van der Waals surface area contributed by atoms with Crippen LogP contribution >= 0.6 is 0 Å². The number of imidazole rings is 1. The monoisotopic (exact) mass is 392 g/mol. The largest absolute Gasteiger partial charge is 0.508 e. The van der Waals surface area contributed by atoms with Gasteiger partial charge in [-0.25, -0.2) is 9.37 Å². The molecular weight excluding hydrogens is 371 g/mol. The van der Waals surface area contributed by atoms with Gasteiger partial charge >= 0.3 is 0 Å². The molecule has 148 valence electrons. The Hall–Kier alpha value is -3.66. The van der Waals surface area contributed by atoms with E-state index < -0.39 is 5.82 Å². The zero-order chi connectivity index (χ0) is 20.8. The van der Waals surface area contributed by atoms with Crippen molar-refractivity contribution in [2.75, 3.05) is 6.54 Å². The first-order valence-electron chi connectivity index (χ1n) is 9.18. The van der Waals surface area contributed by atoms with Crippen molar-refractivity contribution in [2.45, 2.75) is 18.8 Å². The summed E-state index contributed by atoms with van der Waals surface area (Å²) in [5.74, 6) is -0.876. The van der Waals surface area contributed by atoms with Crippen molar-refractivity contribution in [1.82, 2.24) is 14.9 Å². The van der Waals surface area contributed by atoms with Crippen molar-refractivity contribution in [2.24, 2.45) is 7.05 Å². The Morgan fingerprint density at radius 3 is 2.83 bits per heavy atom. The second-order valence-electron chi connectivity index (χ2n) is 6.81. The number of phenols is 1. The molecule has 0 aliphatic rings. The minimum absolute atomic E-state index is 0.0207. The van der Waals surface area contributed by atoms with Gasteiger partial charge in [-0.05, 0) is 41.8 Å². The Morgan fingerprint density at radius 2 is 2.17 bits per heavy atom. The van der Waals surface area contributed by atoms with Gasteiger partial charge in [-0.2, -0.15) is 5.26 Å². The molecule has 0 aliphatic carbocycles. The van der Waals surface area contributed by atoms with Gasteiger partial charge in [0.15, 0.2) is 0 Å². The molecule has 3 aromatic rings. The zero-order valence-electron chi connectivity index (χ0n) is 16.0. The first-order valence-corrected chi connectivity index (χ1v) is 9.18. The number of carbonyl (C=O) groups is 1. The van der Waals surface area contributed by atoms with E-state index in [-0.39, 0.29) is 36.1 Å². The van der Waals surface area contributed by atoms with Crippen LogP contribution in [0.1, 0.15) is 34.7 Å². The lowest BCUT2D eigenvalue weighted by atomic mass is 9.94. The summed E-state index contributed by atoms with van der Waals surface area (Å²) in [6.45, 7) is 0.268. The van der Waals surface area contributed by atoms with Crippen molar-refractivity contribution in [3.63, 3.8) is 0 Å². The van der Waals surface area contributed by atoms with Crippen LogP contribution in [0.3, 0.4) is 0 Å². The molecule has 6 nitrogen and oxygen atoms in total. The number of nitrogens with zero attached hydrogens (tertiary/aromatic N) is 3. The van der Waals surface area contributed by atoms with Crippen LogP contribution in [0.4, 0.5) is 4.39 Å². The first-order chi connectivity index (χ1) is 14.0. The lowest BCUT2D eigenvalue weighted by Gasteiger charge is -2.19. The Bertz CT molecular complexity index is 1050. The molecule has 3 rings (SSSR count). The van der Waals surface area contributed by atoms with Crippen LogP contribution in [0.2, 0.25) is 0 Å². The standard InChI is InChI=1S/C22H21FN4O2/c1-27-14-25-13-21(27)19(16-6-7-17(11-24)20(23)10-16)12-26-22(29)8-5-15-3-2-4-18(28)9-15/h2-4,6-7,9-10,13-14,19,28H,5,8,12H2,1H3,(H,26,29). The van der Waals surface area contributed by atoms with E-state index in [4.69, 9.17) is 5.26 Å². The molecule has 1 unspecified atom stereocenters. The first kappa shape index (κ1) is 20.1.